The van der Waals surface area contributed by atoms with Crippen molar-refractivity contribution < 1.29 is 18.0 Å². The zero-order chi connectivity index (χ0) is 26.4. The van der Waals surface area contributed by atoms with Crippen LogP contribution in [-0.2, 0) is 30.2 Å². The molecule has 0 bridgehead atoms. The zero-order valence-corrected chi connectivity index (χ0v) is 21.5. The molecule has 0 radical (unpaired) electrons. The average molecular weight is 513 g/mol. The minimum atomic E-state index is -4.30. The molecule has 0 unspecified atom stereocenters. The van der Waals surface area contributed by atoms with E-state index in [0.29, 0.717) is 18.5 Å². The SMILES string of the molecule is CC(C)Cc1cc(CC(=O)NCN2CCC(Cc3ccc(C(F)(F)F)cc3)CC2)nn1-c1ccccc1. The minimum Gasteiger partial charge on any atom is -0.343 e. The van der Waals surface area contributed by atoms with Gasteiger partial charge in [0.05, 0.1) is 30.0 Å². The number of aromatic nitrogens is 2. The third-order valence-corrected chi connectivity index (χ3v) is 6.81. The van der Waals surface area contributed by atoms with Gasteiger partial charge >= 0.3 is 6.18 Å². The van der Waals surface area contributed by atoms with Crippen LogP contribution in [0.3, 0.4) is 0 Å². The monoisotopic (exact) mass is 512 g/mol. The number of rotatable bonds is 9. The maximum atomic E-state index is 12.8. The molecule has 2 heterocycles. The summed E-state index contributed by atoms with van der Waals surface area (Å²) in [7, 11) is 0. The molecule has 1 saturated heterocycles. The van der Waals surface area contributed by atoms with Crippen molar-refractivity contribution in [2.24, 2.45) is 11.8 Å². The van der Waals surface area contributed by atoms with Crippen molar-refractivity contribution in [2.45, 2.75) is 52.1 Å². The van der Waals surface area contributed by atoms with E-state index in [9.17, 15) is 18.0 Å². The molecular formula is C29H35F3N4O. The van der Waals surface area contributed by atoms with Crippen LogP contribution in [-0.4, -0.2) is 40.3 Å². The molecule has 198 valence electrons. The Morgan fingerprint density at radius 3 is 2.35 bits per heavy atom. The Kier molecular flexibility index (Phi) is 8.69. The van der Waals surface area contributed by atoms with Crippen LogP contribution in [0.4, 0.5) is 13.2 Å². The number of para-hydroxylation sites is 1. The molecule has 0 saturated carbocycles. The molecule has 1 amide bonds. The highest BCUT2D eigenvalue weighted by atomic mass is 19.4. The second-order valence-corrected chi connectivity index (χ2v) is 10.4. The number of nitrogens with one attached hydrogen (secondary N) is 1. The number of carbonyl (C=O) groups is 1. The van der Waals surface area contributed by atoms with E-state index in [-0.39, 0.29) is 12.3 Å². The van der Waals surface area contributed by atoms with Crippen molar-refractivity contribution in [1.82, 2.24) is 20.0 Å². The maximum absolute atomic E-state index is 12.8. The van der Waals surface area contributed by atoms with Gasteiger partial charge in [-0.2, -0.15) is 18.3 Å². The van der Waals surface area contributed by atoms with Crippen molar-refractivity contribution in [1.29, 1.82) is 0 Å². The first kappa shape index (κ1) is 26.9. The number of benzene rings is 2. The molecule has 1 fully saturated rings. The number of hydrogen-bond acceptors (Lipinski definition) is 3. The molecule has 3 aromatic rings. The van der Waals surface area contributed by atoms with E-state index in [4.69, 9.17) is 5.10 Å². The van der Waals surface area contributed by atoms with Gasteiger partial charge in [-0.3, -0.25) is 9.69 Å². The predicted molar refractivity (Wildman–Crippen MR) is 138 cm³/mol. The van der Waals surface area contributed by atoms with Crippen LogP contribution < -0.4 is 5.32 Å². The van der Waals surface area contributed by atoms with E-state index in [1.54, 1.807) is 12.1 Å². The van der Waals surface area contributed by atoms with Gasteiger partial charge in [0.2, 0.25) is 5.91 Å². The highest BCUT2D eigenvalue weighted by Gasteiger charge is 2.30. The topological polar surface area (TPSA) is 50.2 Å². The van der Waals surface area contributed by atoms with Crippen molar-refractivity contribution in [2.75, 3.05) is 19.8 Å². The van der Waals surface area contributed by atoms with Gasteiger partial charge in [-0.15, -0.1) is 0 Å². The Morgan fingerprint density at radius 2 is 1.73 bits per heavy atom. The fourth-order valence-electron chi connectivity index (χ4n) is 4.86. The Balaban J connectivity index is 1.24. The normalized spacial score (nSPS) is 15.3. The van der Waals surface area contributed by atoms with Crippen LogP contribution in [0, 0.1) is 11.8 Å². The molecule has 1 aliphatic rings. The quantitative estimate of drug-likeness (QED) is 0.403. The predicted octanol–water partition coefficient (Wildman–Crippen LogP) is 5.66. The Labute approximate surface area is 216 Å². The maximum Gasteiger partial charge on any atom is 0.416 e. The van der Waals surface area contributed by atoms with Crippen LogP contribution in [0.5, 0.6) is 0 Å². The molecule has 37 heavy (non-hydrogen) atoms. The Bertz CT molecular complexity index is 1150. The van der Waals surface area contributed by atoms with Gasteiger partial charge in [0.1, 0.15) is 0 Å². The van der Waals surface area contributed by atoms with Gasteiger partial charge in [0, 0.05) is 18.8 Å². The molecule has 8 heteroatoms. The summed E-state index contributed by atoms with van der Waals surface area (Å²) in [6.07, 6.45) is -0.498. The highest BCUT2D eigenvalue weighted by molar-refractivity contribution is 5.78. The van der Waals surface area contributed by atoms with E-state index >= 15 is 0 Å². The molecule has 0 atom stereocenters. The summed E-state index contributed by atoms with van der Waals surface area (Å²) in [5.74, 6) is 0.855. The molecule has 2 aromatic carbocycles. The van der Waals surface area contributed by atoms with Gasteiger partial charge in [0.25, 0.3) is 0 Å². The second-order valence-electron chi connectivity index (χ2n) is 10.4. The summed E-state index contributed by atoms with van der Waals surface area (Å²) in [6.45, 7) is 6.53. The average Bonchev–Trinajstić information content (AvgIpc) is 3.25. The molecule has 1 aromatic heterocycles. The fourth-order valence-corrected chi connectivity index (χ4v) is 4.86. The first-order valence-electron chi connectivity index (χ1n) is 13.0. The molecule has 0 aliphatic carbocycles. The number of amides is 1. The summed E-state index contributed by atoms with van der Waals surface area (Å²) in [5.41, 5.74) is 3.17. The lowest BCUT2D eigenvalue weighted by molar-refractivity contribution is -0.137. The summed E-state index contributed by atoms with van der Waals surface area (Å²) in [6, 6.07) is 17.5. The number of hydrogen-bond donors (Lipinski definition) is 1. The smallest absolute Gasteiger partial charge is 0.343 e. The van der Waals surface area contributed by atoms with Crippen LogP contribution in [0.25, 0.3) is 5.69 Å². The highest BCUT2D eigenvalue weighted by Crippen LogP contribution is 2.30. The van der Waals surface area contributed by atoms with Crippen LogP contribution in [0.1, 0.15) is 49.2 Å². The van der Waals surface area contributed by atoms with Crippen molar-refractivity contribution in [3.05, 3.63) is 83.2 Å². The van der Waals surface area contributed by atoms with E-state index in [2.05, 4.69) is 24.1 Å². The standard InChI is InChI=1S/C29H35F3N4O/c1-21(2)16-27-18-25(34-36(27)26-6-4-3-5-7-26)19-28(37)33-20-35-14-12-23(13-15-35)17-22-8-10-24(11-9-22)29(30,31)32/h3-11,18,21,23H,12-17,19-20H2,1-2H3,(H,33,37). The molecule has 1 aliphatic heterocycles. The minimum absolute atomic E-state index is 0.0549. The van der Waals surface area contributed by atoms with E-state index in [1.165, 1.54) is 0 Å². The van der Waals surface area contributed by atoms with Crippen molar-refractivity contribution in [3.63, 3.8) is 0 Å². The largest absolute Gasteiger partial charge is 0.416 e. The number of nitrogens with zero attached hydrogens (tertiary/aromatic N) is 3. The molecule has 4 rings (SSSR count). The summed E-state index contributed by atoms with van der Waals surface area (Å²) >= 11 is 0. The molecule has 0 spiro atoms. The van der Waals surface area contributed by atoms with Gasteiger partial charge in [-0.05, 0) is 73.4 Å². The van der Waals surface area contributed by atoms with Crippen LogP contribution in [0.15, 0.2) is 60.7 Å². The fraction of sp³-hybridized carbons (Fsp3) is 0.448. The molecular weight excluding hydrogens is 477 g/mol. The first-order chi connectivity index (χ1) is 17.7. The first-order valence-corrected chi connectivity index (χ1v) is 13.0. The van der Waals surface area contributed by atoms with Gasteiger partial charge in [-0.1, -0.05) is 44.2 Å². The summed E-state index contributed by atoms with van der Waals surface area (Å²) < 4.78 is 40.2. The van der Waals surface area contributed by atoms with Crippen molar-refractivity contribution >= 4 is 5.91 Å². The zero-order valence-electron chi connectivity index (χ0n) is 21.5. The van der Waals surface area contributed by atoms with Gasteiger partial charge in [-0.25, -0.2) is 4.68 Å². The lowest BCUT2D eigenvalue weighted by Crippen LogP contribution is -2.42. The Hall–Kier alpha value is -3.13. The van der Waals surface area contributed by atoms with Gasteiger partial charge in [0.15, 0.2) is 0 Å². The van der Waals surface area contributed by atoms with Crippen molar-refractivity contribution in [3.8, 4) is 5.69 Å². The number of likely N-dealkylation sites (tertiary alicyclic amines) is 1. The molecule has 5 nitrogen and oxygen atoms in total. The van der Waals surface area contributed by atoms with Crippen LogP contribution in [0.2, 0.25) is 0 Å². The Morgan fingerprint density at radius 1 is 1.05 bits per heavy atom. The van der Waals surface area contributed by atoms with E-state index in [1.807, 2.05) is 41.1 Å². The number of alkyl halides is 3. The lowest BCUT2D eigenvalue weighted by atomic mass is 9.90. The molecule has 1 N–H and O–H groups in total. The number of carbonyl (C=O) groups excluding carboxylic acids is 1. The van der Waals surface area contributed by atoms with Gasteiger partial charge < -0.3 is 5.32 Å². The van der Waals surface area contributed by atoms with E-state index in [0.717, 1.165) is 73.5 Å². The third kappa shape index (κ3) is 7.68. The number of halogens is 3. The van der Waals surface area contributed by atoms with Crippen LogP contribution >= 0.6 is 0 Å². The van der Waals surface area contributed by atoms with E-state index < -0.39 is 11.7 Å². The summed E-state index contributed by atoms with van der Waals surface area (Å²) in [5, 5.41) is 7.74. The third-order valence-electron chi connectivity index (χ3n) is 6.81. The number of piperidine rings is 1. The lowest BCUT2D eigenvalue weighted by Gasteiger charge is -2.32. The summed E-state index contributed by atoms with van der Waals surface area (Å²) in [4.78, 5) is 14.9. The second kappa shape index (κ2) is 11.9.